The Balaban J connectivity index is 4.00. The molecule has 0 bridgehead atoms. The lowest BCUT2D eigenvalue weighted by molar-refractivity contribution is 0.113. The molecule has 0 aromatic heterocycles. The Morgan fingerprint density at radius 1 is 1.36 bits per heavy atom. The molecule has 0 saturated heterocycles. The van der Waals surface area contributed by atoms with E-state index in [2.05, 4.69) is 5.32 Å². The summed E-state index contributed by atoms with van der Waals surface area (Å²) in [5.41, 5.74) is 0. The van der Waals surface area contributed by atoms with Gasteiger partial charge in [-0.3, -0.25) is 0 Å². The molecule has 4 heteroatoms. The van der Waals surface area contributed by atoms with Crippen LogP contribution >= 0.6 is 0 Å². The average molecular weight is 161 g/mol. The minimum atomic E-state index is -1.09. The van der Waals surface area contributed by atoms with Crippen LogP contribution in [0.3, 0.4) is 0 Å². The summed E-state index contributed by atoms with van der Waals surface area (Å²) in [5, 5.41) is 19.7. The number of amides is 1. The van der Waals surface area contributed by atoms with Crippen LogP contribution < -0.4 is 5.32 Å². The van der Waals surface area contributed by atoms with E-state index in [1.165, 1.54) is 0 Å². The molecule has 0 rings (SSSR count). The molecule has 0 aliphatic heterocycles. The third-order valence-corrected chi connectivity index (χ3v) is 1.53. The molecule has 0 saturated carbocycles. The van der Waals surface area contributed by atoms with E-state index in [0.717, 1.165) is 0 Å². The van der Waals surface area contributed by atoms with Crippen molar-refractivity contribution in [2.45, 2.75) is 32.9 Å². The summed E-state index contributed by atoms with van der Waals surface area (Å²) in [5.74, 6) is 0.103. The van der Waals surface area contributed by atoms with Crippen LogP contribution in [-0.2, 0) is 0 Å². The van der Waals surface area contributed by atoms with Crippen molar-refractivity contribution in [2.24, 2.45) is 5.92 Å². The number of hydrogen-bond donors (Lipinski definition) is 3. The Labute approximate surface area is 66.2 Å². The fourth-order valence-corrected chi connectivity index (χ4v) is 0.987. The molecule has 0 fully saturated rings. The molecule has 0 radical (unpaired) electrons. The number of hydrogen-bond acceptors (Lipinski definition) is 2. The molecule has 2 atom stereocenters. The van der Waals surface area contributed by atoms with Gasteiger partial charge in [0.05, 0.1) is 12.1 Å². The predicted octanol–water partition coefficient (Wildman–Crippen LogP) is 0.659. The topological polar surface area (TPSA) is 69.6 Å². The van der Waals surface area contributed by atoms with Crippen molar-refractivity contribution in [1.82, 2.24) is 5.32 Å². The number of nitrogens with one attached hydrogen (secondary N) is 1. The summed E-state index contributed by atoms with van der Waals surface area (Å²) in [4.78, 5) is 10.2. The lowest BCUT2D eigenvalue weighted by atomic mass is 10.00. The van der Waals surface area contributed by atoms with E-state index in [-0.39, 0.29) is 12.0 Å². The first-order valence-electron chi connectivity index (χ1n) is 3.62. The van der Waals surface area contributed by atoms with Gasteiger partial charge in [-0.1, -0.05) is 13.8 Å². The van der Waals surface area contributed by atoms with Crippen LogP contribution in [0.25, 0.3) is 0 Å². The van der Waals surface area contributed by atoms with Crippen LogP contribution in [0.4, 0.5) is 4.79 Å². The highest BCUT2D eigenvalue weighted by Crippen LogP contribution is 2.05. The summed E-state index contributed by atoms with van der Waals surface area (Å²) in [6, 6.07) is -0.382. The zero-order valence-electron chi connectivity index (χ0n) is 7.03. The smallest absolute Gasteiger partial charge is 0.404 e. The summed E-state index contributed by atoms with van der Waals surface area (Å²) in [7, 11) is 0. The SMILES string of the molecule is CC(C)[C@H](NC(=O)O)C(C)O. The first-order chi connectivity index (χ1) is 4.95. The van der Waals surface area contributed by atoms with E-state index in [1.54, 1.807) is 6.92 Å². The predicted molar refractivity (Wildman–Crippen MR) is 41.5 cm³/mol. The highest BCUT2D eigenvalue weighted by atomic mass is 16.4. The zero-order chi connectivity index (χ0) is 9.02. The Morgan fingerprint density at radius 3 is 1.91 bits per heavy atom. The van der Waals surface area contributed by atoms with Gasteiger partial charge in [-0.25, -0.2) is 4.79 Å². The first-order valence-corrected chi connectivity index (χ1v) is 3.62. The number of aliphatic hydroxyl groups is 1. The number of carboxylic acid groups (broad SMARTS) is 1. The molecule has 66 valence electrons. The van der Waals surface area contributed by atoms with Crippen molar-refractivity contribution in [3.63, 3.8) is 0 Å². The molecule has 1 unspecified atom stereocenters. The second-order valence-corrected chi connectivity index (χ2v) is 2.96. The van der Waals surface area contributed by atoms with Crippen molar-refractivity contribution in [3.8, 4) is 0 Å². The molecule has 3 N–H and O–H groups in total. The number of rotatable bonds is 3. The summed E-state index contributed by atoms with van der Waals surface area (Å²) in [6.07, 6.45) is -1.74. The van der Waals surface area contributed by atoms with Crippen LogP contribution in [0.2, 0.25) is 0 Å². The maximum absolute atomic E-state index is 10.2. The van der Waals surface area contributed by atoms with E-state index in [9.17, 15) is 4.79 Å². The van der Waals surface area contributed by atoms with Gasteiger partial charge in [-0.05, 0) is 12.8 Å². The van der Waals surface area contributed by atoms with Crippen LogP contribution in [0, 0.1) is 5.92 Å². The van der Waals surface area contributed by atoms with Crippen LogP contribution in [0.5, 0.6) is 0 Å². The standard InChI is InChI=1S/C7H15NO3/c1-4(2)6(5(3)9)8-7(10)11/h4-6,8-9H,1-3H3,(H,10,11)/t5?,6-/m0/s1. The van der Waals surface area contributed by atoms with Crippen molar-refractivity contribution in [1.29, 1.82) is 0 Å². The minimum absolute atomic E-state index is 0.103. The van der Waals surface area contributed by atoms with Crippen molar-refractivity contribution in [2.75, 3.05) is 0 Å². The van der Waals surface area contributed by atoms with Crippen LogP contribution in [-0.4, -0.2) is 28.5 Å². The third-order valence-electron chi connectivity index (χ3n) is 1.53. The lowest BCUT2D eigenvalue weighted by Crippen LogP contribution is -2.44. The van der Waals surface area contributed by atoms with Gasteiger partial charge in [0, 0.05) is 0 Å². The van der Waals surface area contributed by atoms with E-state index in [1.807, 2.05) is 13.8 Å². The van der Waals surface area contributed by atoms with Gasteiger partial charge < -0.3 is 15.5 Å². The van der Waals surface area contributed by atoms with E-state index in [0.29, 0.717) is 0 Å². The maximum atomic E-state index is 10.2. The zero-order valence-corrected chi connectivity index (χ0v) is 7.03. The molecule has 1 amide bonds. The van der Waals surface area contributed by atoms with Gasteiger partial charge in [0.1, 0.15) is 0 Å². The number of aliphatic hydroxyl groups excluding tert-OH is 1. The van der Waals surface area contributed by atoms with Gasteiger partial charge in [-0.2, -0.15) is 0 Å². The van der Waals surface area contributed by atoms with E-state index < -0.39 is 12.2 Å². The Bertz CT molecular complexity index is 126. The number of carbonyl (C=O) groups is 1. The molecule has 11 heavy (non-hydrogen) atoms. The van der Waals surface area contributed by atoms with Crippen LogP contribution in [0.15, 0.2) is 0 Å². The fraction of sp³-hybridized carbons (Fsp3) is 0.857. The molecule has 0 aromatic rings. The average Bonchev–Trinajstić information content (AvgIpc) is 1.81. The second kappa shape index (κ2) is 4.18. The van der Waals surface area contributed by atoms with Crippen molar-refractivity contribution in [3.05, 3.63) is 0 Å². The summed E-state index contributed by atoms with van der Waals surface area (Å²) < 4.78 is 0. The second-order valence-electron chi connectivity index (χ2n) is 2.96. The normalized spacial score (nSPS) is 16.1. The van der Waals surface area contributed by atoms with Crippen LogP contribution in [0.1, 0.15) is 20.8 Å². The Morgan fingerprint density at radius 2 is 1.82 bits per heavy atom. The summed E-state index contributed by atoms with van der Waals surface area (Å²) >= 11 is 0. The third kappa shape index (κ3) is 3.83. The Kier molecular flexibility index (Phi) is 3.89. The molecule has 0 aliphatic carbocycles. The Hall–Kier alpha value is -0.770. The van der Waals surface area contributed by atoms with E-state index >= 15 is 0 Å². The molecule has 0 aromatic carbocycles. The first kappa shape index (κ1) is 10.2. The van der Waals surface area contributed by atoms with Crippen molar-refractivity contribution >= 4 is 6.09 Å². The maximum Gasteiger partial charge on any atom is 0.404 e. The largest absolute Gasteiger partial charge is 0.465 e. The minimum Gasteiger partial charge on any atom is -0.465 e. The molecular formula is C7H15NO3. The van der Waals surface area contributed by atoms with Gasteiger partial charge in [0.15, 0.2) is 0 Å². The lowest BCUT2D eigenvalue weighted by Gasteiger charge is -2.23. The highest BCUT2D eigenvalue weighted by Gasteiger charge is 2.20. The quantitative estimate of drug-likeness (QED) is 0.569. The molecule has 0 aliphatic rings. The highest BCUT2D eigenvalue weighted by molar-refractivity contribution is 5.64. The van der Waals surface area contributed by atoms with Crippen molar-refractivity contribution < 1.29 is 15.0 Å². The van der Waals surface area contributed by atoms with Gasteiger partial charge >= 0.3 is 6.09 Å². The van der Waals surface area contributed by atoms with Gasteiger partial charge in [0.25, 0.3) is 0 Å². The molecule has 0 heterocycles. The summed E-state index contributed by atoms with van der Waals surface area (Å²) in [6.45, 7) is 5.28. The van der Waals surface area contributed by atoms with Gasteiger partial charge in [-0.15, -0.1) is 0 Å². The van der Waals surface area contributed by atoms with E-state index in [4.69, 9.17) is 10.2 Å². The monoisotopic (exact) mass is 161 g/mol. The molecular weight excluding hydrogens is 146 g/mol. The molecule has 0 spiro atoms. The molecule has 4 nitrogen and oxygen atoms in total. The van der Waals surface area contributed by atoms with Gasteiger partial charge in [0.2, 0.25) is 0 Å². The fourth-order valence-electron chi connectivity index (χ4n) is 0.987.